The zero-order valence-electron chi connectivity index (χ0n) is 8.03. The summed E-state index contributed by atoms with van der Waals surface area (Å²) in [4.78, 5) is 23.8. The third-order valence-corrected chi connectivity index (χ3v) is 2.74. The summed E-state index contributed by atoms with van der Waals surface area (Å²) >= 11 is 1.39. The quantitative estimate of drug-likeness (QED) is 0.772. The maximum atomic E-state index is 11.5. The fraction of sp³-hybridized carbons (Fsp3) is 0.333. The van der Waals surface area contributed by atoms with Crippen LogP contribution in [0.4, 0.5) is 0 Å². The van der Waals surface area contributed by atoms with E-state index in [1.165, 1.54) is 11.3 Å². The molecule has 0 radical (unpaired) electrons. The molecule has 0 aliphatic rings. The van der Waals surface area contributed by atoms with Gasteiger partial charge >= 0.3 is 0 Å². The highest BCUT2D eigenvalue weighted by Crippen LogP contribution is 2.14. The average molecular weight is 212 g/mol. The van der Waals surface area contributed by atoms with Gasteiger partial charge in [0.25, 0.3) is 5.91 Å². The van der Waals surface area contributed by atoms with Gasteiger partial charge in [-0.1, -0.05) is 0 Å². The van der Waals surface area contributed by atoms with E-state index >= 15 is 0 Å². The highest BCUT2D eigenvalue weighted by Gasteiger charge is 2.14. The number of hydrogen-bond acceptors (Lipinski definition) is 3. The van der Waals surface area contributed by atoms with Gasteiger partial charge in [-0.05, 0) is 26.0 Å². The molecule has 0 saturated carbocycles. The zero-order chi connectivity index (χ0) is 10.7. The van der Waals surface area contributed by atoms with Crippen LogP contribution in [0, 0.1) is 6.92 Å². The van der Waals surface area contributed by atoms with Gasteiger partial charge < -0.3 is 11.1 Å². The molecule has 5 heteroatoms. The molecule has 0 fully saturated rings. The number of nitrogens with two attached hydrogens (primary N) is 1. The Morgan fingerprint density at radius 2 is 2.14 bits per heavy atom. The van der Waals surface area contributed by atoms with E-state index in [2.05, 4.69) is 5.32 Å². The molecule has 76 valence electrons. The molecule has 3 N–H and O–H groups in total. The van der Waals surface area contributed by atoms with Crippen molar-refractivity contribution >= 4 is 23.2 Å². The Hall–Kier alpha value is -1.36. The molecular formula is C9H12N2O2S. The minimum Gasteiger partial charge on any atom is -0.368 e. The van der Waals surface area contributed by atoms with Gasteiger partial charge in [0.05, 0.1) is 4.88 Å². The van der Waals surface area contributed by atoms with Gasteiger partial charge in [0, 0.05) is 4.88 Å². The highest BCUT2D eigenvalue weighted by molar-refractivity contribution is 7.13. The number of carbonyl (C=O) groups excluding carboxylic acids is 2. The number of aryl methyl sites for hydroxylation is 1. The molecule has 1 aromatic rings. The molecule has 1 atom stereocenters. The predicted octanol–water partition coefficient (Wildman–Crippen LogP) is 0.660. The Labute approximate surface area is 86.1 Å². The van der Waals surface area contributed by atoms with E-state index in [0.717, 1.165) is 4.88 Å². The highest BCUT2D eigenvalue weighted by atomic mass is 32.1. The van der Waals surface area contributed by atoms with Crippen LogP contribution in [-0.2, 0) is 4.79 Å². The summed E-state index contributed by atoms with van der Waals surface area (Å²) in [5, 5.41) is 2.51. The minimum atomic E-state index is -0.634. The number of nitrogens with one attached hydrogen (secondary N) is 1. The standard InChI is InChI=1S/C9H12N2O2S/c1-5-3-4-7(14-5)9(13)11-6(2)8(10)12/h3-4,6H,1-2H3,(H2,10,12)(H,11,13). The summed E-state index contributed by atoms with van der Waals surface area (Å²) in [7, 11) is 0. The second-order valence-corrected chi connectivity index (χ2v) is 4.30. The topological polar surface area (TPSA) is 72.2 Å². The lowest BCUT2D eigenvalue weighted by atomic mass is 10.3. The van der Waals surface area contributed by atoms with E-state index in [9.17, 15) is 9.59 Å². The molecule has 1 aromatic heterocycles. The van der Waals surface area contributed by atoms with E-state index in [1.54, 1.807) is 13.0 Å². The van der Waals surface area contributed by atoms with Gasteiger partial charge in [0.2, 0.25) is 5.91 Å². The minimum absolute atomic E-state index is 0.255. The van der Waals surface area contributed by atoms with Crippen LogP contribution in [0.15, 0.2) is 12.1 Å². The lowest BCUT2D eigenvalue weighted by molar-refractivity contribution is -0.119. The molecule has 0 aliphatic carbocycles. The Balaban J connectivity index is 2.63. The van der Waals surface area contributed by atoms with Crippen molar-refractivity contribution in [2.75, 3.05) is 0 Å². The second-order valence-electron chi connectivity index (χ2n) is 3.01. The van der Waals surface area contributed by atoms with Crippen molar-refractivity contribution in [3.05, 3.63) is 21.9 Å². The predicted molar refractivity (Wildman–Crippen MR) is 55.2 cm³/mol. The molecule has 0 spiro atoms. The van der Waals surface area contributed by atoms with Gasteiger partial charge in [-0.25, -0.2) is 0 Å². The van der Waals surface area contributed by atoms with Crippen LogP contribution in [0.5, 0.6) is 0 Å². The van der Waals surface area contributed by atoms with Crippen molar-refractivity contribution in [2.45, 2.75) is 19.9 Å². The molecule has 1 heterocycles. The average Bonchev–Trinajstić information content (AvgIpc) is 2.51. The van der Waals surface area contributed by atoms with E-state index in [-0.39, 0.29) is 5.91 Å². The number of carbonyl (C=O) groups is 2. The number of thiophene rings is 1. The maximum absolute atomic E-state index is 11.5. The van der Waals surface area contributed by atoms with E-state index in [1.807, 2.05) is 13.0 Å². The van der Waals surface area contributed by atoms with Crippen molar-refractivity contribution in [1.29, 1.82) is 0 Å². The Kier molecular flexibility index (Phi) is 3.24. The van der Waals surface area contributed by atoms with Gasteiger partial charge in [-0.2, -0.15) is 0 Å². The second kappa shape index (κ2) is 4.23. The van der Waals surface area contributed by atoms with E-state index in [0.29, 0.717) is 4.88 Å². The van der Waals surface area contributed by atoms with Gasteiger partial charge in [0.1, 0.15) is 6.04 Å². The Bertz CT molecular complexity index is 359. The Morgan fingerprint density at radius 1 is 1.50 bits per heavy atom. The largest absolute Gasteiger partial charge is 0.368 e. The van der Waals surface area contributed by atoms with Crippen LogP contribution in [-0.4, -0.2) is 17.9 Å². The van der Waals surface area contributed by atoms with Crippen molar-refractivity contribution in [3.63, 3.8) is 0 Å². The fourth-order valence-electron chi connectivity index (χ4n) is 0.895. The smallest absolute Gasteiger partial charge is 0.261 e. The van der Waals surface area contributed by atoms with Gasteiger partial charge in [-0.3, -0.25) is 9.59 Å². The van der Waals surface area contributed by atoms with E-state index < -0.39 is 11.9 Å². The summed E-state index contributed by atoms with van der Waals surface area (Å²) in [5.41, 5.74) is 5.02. The normalized spacial score (nSPS) is 12.1. The van der Waals surface area contributed by atoms with Crippen LogP contribution < -0.4 is 11.1 Å². The fourth-order valence-corrected chi connectivity index (χ4v) is 1.67. The first-order chi connectivity index (χ1) is 6.50. The number of amides is 2. The molecule has 0 saturated heterocycles. The lowest BCUT2D eigenvalue weighted by Gasteiger charge is -2.08. The van der Waals surface area contributed by atoms with Crippen LogP contribution in [0.3, 0.4) is 0 Å². The first kappa shape index (κ1) is 10.7. The lowest BCUT2D eigenvalue weighted by Crippen LogP contribution is -2.41. The van der Waals surface area contributed by atoms with Crippen molar-refractivity contribution in [1.82, 2.24) is 5.32 Å². The third-order valence-electron chi connectivity index (χ3n) is 1.74. The van der Waals surface area contributed by atoms with Crippen molar-refractivity contribution in [2.24, 2.45) is 5.73 Å². The Morgan fingerprint density at radius 3 is 2.57 bits per heavy atom. The SMILES string of the molecule is Cc1ccc(C(=O)NC(C)C(N)=O)s1. The van der Waals surface area contributed by atoms with E-state index in [4.69, 9.17) is 5.73 Å². The summed E-state index contributed by atoms with van der Waals surface area (Å²) in [6, 6.07) is 2.95. The molecule has 0 bridgehead atoms. The van der Waals surface area contributed by atoms with Crippen molar-refractivity contribution < 1.29 is 9.59 Å². The molecule has 1 rings (SSSR count). The van der Waals surface area contributed by atoms with Crippen LogP contribution in [0.2, 0.25) is 0 Å². The summed E-state index contributed by atoms with van der Waals surface area (Å²) in [5.74, 6) is -0.791. The summed E-state index contributed by atoms with van der Waals surface area (Å²) in [6.07, 6.45) is 0. The molecule has 14 heavy (non-hydrogen) atoms. The van der Waals surface area contributed by atoms with Crippen LogP contribution in [0.25, 0.3) is 0 Å². The van der Waals surface area contributed by atoms with Crippen molar-refractivity contribution in [3.8, 4) is 0 Å². The summed E-state index contributed by atoms with van der Waals surface area (Å²) < 4.78 is 0. The molecule has 0 aliphatic heterocycles. The van der Waals surface area contributed by atoms with Gasteiger partial charge in [-0.15, -0.1) is 11.3 Å². The monoisotopic (exact) mass is 212 g/mol. The molecule has 2 amide bonds. The van der Waals surface area contributed by atoms with Crippen LogP contribution in [0.1, 0.15) is 21.5 Å². The molecule has 0 aromatic carbocycles. The zero-order valence-corrected chi connectivity index (χ0v) is 8.85. The first-order valence-electron chi connectivity index (χ1n) is 4.17. The number of hydrogen-bond donors (Lipinski definition) is 2. The van der Waals surface area contributed by atoms with Gasteiger partial charge in [0.15, 0.2) is 0 Å². The molecule has 1 unspecified atom stereocenters. The third kappa shape index (κ3) is 2.56. The molecule has 4 nitrogen and oxygen atoms in total. The maximum Gasteiger partial charge on any atom is 0.261 e. The number of rotatable bonds is 3. The van der Waals surface area contributed by atoms with Crippen LogP contribution >= 0.6 is 11.3 Å². The first-order valence-corrected chi connectivity index (χ1v) is 4.99. The molecular weight excluding hydrogens is 200 g/mol. The number of primary amides is 1. The summed E-state index contributed by atoms with van der Waals surface area (Å²) in [6.45, 7) is 3.47.